The van der Waals surface area contributed by atoms with Crippen LogP contribution in [0.5, 0.6) is 0 Å². The van der Waals surface area contributed by atoms with Gasteiger partial charge in [-0.15, -0.1) is 0 Å². The van der Waals surface area contributed by atoms with Crippen LogP contribution in [-0.2, 0) is 9.47 Å². The van der Waals surface area contributed by atoms with Crippen molar-refractivity contribution < 1.29 is 19.1 Å². The van der Waals surface area contributed by atoms with E-state index in [0.717, 1.165) is 5.39 Å². The van der Waals surface area contributed by atoms with Gasteiger partial charge in [0.2, 0.25) is 0 Å². The van der Waals surface area contributed by atoms with Crippen molar-refractivity contribution in [3.8, 4) is 0 Å². The van der Waals surface area contributed by atoms with Crippen LogP contribution in [0.2, 0.25) is 0 Å². The number of hydrogen-bond donors (Lipinski definition) is 0. The number of fused-ring (bicyclic) bond motifs is 1. The van der Waals surface area contributed by atoms with Crippen LogP contribution >= 0.6 is 0 Å². The zero-order chi connectivity index (χ0) is 14.5. The van der Waals surface area contributed by atoms with Crippen LogP contribution in [0, 0.1) is 0 Å². The van der Waals surface area contributed by atoms with Crippen molar-refractivity contribution in [2.45, 2.75) is 13.8 Å². The average Bonchev–Trinajstić information content (AvgIpc) is 2.46. The minimum Gasteiger partial charge on any atom is -0.461 e. The molecule has 6 heteroatoms. The van der Waals surface area contributed by atoms with Gasteiger partial charge < -0.3 is 9.47 Å². The molecule has 0 aromatic carbocycles. The summed E-state index contributed by atoms with van der Waals surface area (Å²) in [7, 11) is 0. The first kappa shape index (κ1) is 13.9. The fourth-order valence-electron chi connectivity index (χ4n) is 1.64. The Morgan fingerprint density at radius 3 is 1.75 bits per heavy atom. The van der Waals surface area contributed by atoms with Gasteiger partial charge in [0.05, 0.1) is 13.2 Å². The molecule has 6 nitrogen and oxygen atoms in total. The average molecular weight is 274 g/mol. The number of carbonyl (C=O) groups excluding carboxylic acids is 2. The lowest BCUT2D eigenvalue weighted by molar-refractivity contribution is 0.0512. The molecular formula is C14H14N2O4. The normalized spacial score (nSPS) is 10.3. The van der Waals surface area contributed by atoms with Crippen LogP contribution in [0.25, 0.3) is 11.0 Å². The number of pyridine rings is 2. The summed E-state index contributed by atoms with van der Waals surface area (Å²) in [5.74, 6) is -1.03. The number of aromatic nitrogens is 2. The molecule has 0 saturated heterocycles. The lowest BCUT2D eigenvalue weighted by Gasteiger charge is -2.04. The molecule has 20 heavy (non-hydrogen) atoms. The third-order valence-corrected chi connectivity index (χ3v) is 2.52. The van der Waals surface area contributed by atoms with Gasteiger partial charge in [-0.2, -0.15) is 0 Å². The van der Waals surface area contributed by atoms with Crippen molar-refractivity contribution in [1.82, 2.24) is 9.97 Å². The minimum absolute atomic E-state index is 0.160. The monoisotopic (exact) mass is 274 g/mol. The Bertz CT molecular complexity index is 602. The fourth-order valence-corrected chi connectivity index (χ4v) is 1.64. The van der Waals surface area contributed by atoms with Gasteiger partial charge in [-0.3, -0.25) is 0 Å². The van der Waals surface area contributed by atoms with Crippen LogP contribution in [0.3, 0.4) is 0 Å². The van der Waals surface area contributed by atoms with Crippen molar-refractivity contribution in [1.29, 1.82) is 0 Å². The van der Waals surface area contributed by atoms with E-state index in [1.165, 1.54) is 0 Å². The fraction of sp³-hybridized carbons (Fsp3) is 0.286. The van der Waals surface area contributed by atoms with E-state index in [4.69, 9.17) is 9.47 Å². The molecule has 0 radical (unpaired) electrons. The molecule has 0 bridgehead atoms. The smallest absolute Gasteiger partial charge is 0.357 e. The van der Waals surface area contributed by atoms with Crippen LogP contribution in [0.4, 0.5) is 0 Å². The highest BCUT2D eigenvalue weighted by Gasteiger charge is 2.12. The van der Waals surface area contributed by atoms with E-state index in [0.29, 0.717) is 5.65 Å². The van der Waals surface area contributed by atoms with Crippen molar-refractivity contribution in [2.75, 3.05) is 13.2 Å². The van der Waals surface area contributed by atoms with E-state index < -0.39 is 11.9 Å². The maximum absolute atomic E-state index is 11.6. The second kappa shape index (κ2) is 6.10. The number of nitrogens with zero attached hydrogens (tertiary/aromatic N) is 2. The Morgan fingerprint density at radius 2 is 1.35 bits per heavy atom. The highest BCUT2D eigenvalue weighted by Crippen LogP contribution is 2.12. The minimum atomic E-state index is -0.516. The Hall–Kier alpha value is -2.50. The summed E-state index contributed by atoms with van der Waals surface area (Å²) in [5, 5.41) is 0.728. The van der Waals surface area contributed by atoms with Crippen molar-refractivity contribution in [2.24, 2.45) is 0 Å². The predicted molar refractivity (Wildman–Crippen MR) is 71.5 cm³/mol. The molecule has 0 spiro atoms. The Balaban J connectivity index is 2.39. The van der Waals surface area contributed by atoms with Gasteiger partial charge in [-0.05, 0) is 38.1 Å². The van der Waals surface area contributed by atoms with Crippen LogP contribution in [0.15, 0.2) is 24.3 Å². The van der Waals surface area contributed by atoms with E-state index in [9.17, 15) is 9.59 Å². The third-order valence-electron chi connectivity index (χ3n) is 2.52. The van der Waals surface area contributed by atoms with Crippen LogP contribution in [-0.4, -0.2) is 35.1 Å². The number of hydrogen-bond acceptors (Lipinski definition) is 6. The van der Waals surface area contributed by atoms with E-state index in [-0.39, 0.29) is 24.6 Å². The summed E-state index contributed by atoms with van der Waals surface area (Å²) in [5.41, 5.74) is 0.627. The summed E-state index contributed by atoms with van der Waals surface area (Å²) in [4.78, 5) is 31.4. The Labute approximate surface area is 115 Å². The largest absolute Gasteiger partial charge is 0.461 e. The zero-order valence-corrected chi connectivity index (χ0v) is 11.3. The number of carbonyl (C=O) groups is 2. The van der Waals surface area contributed by atoms with E-state index >= 15 is 0 Å². The van der Waals surface area contributed by atoms with Crippen LogP contribution in [0.1, 0.15) is 34.8 Å². The first-order chi connectivity index (χ1) is 9.65. The second-order valence-corrected chi connectivity index (χ2v) is 3.88. The number of ether oxygens (including phenoxy) is 2. The summed E-state index contributed by atoms with van der Waals surface area (Å²) in [6, 6.07) is 6.53. The molecular weight excluding hydrogens is 260 g/mol. The Kier molecular flexibility index (Phi) is 4.24. The molecule has 0 N–H and O–H groups in total. The van der Waals surface area contributed by atoms with Gasteiger partial charge in [-0.1, -0.05) is 0 Å². The molecule has 0 aliphatic heterocycles. The molecule has 2 aromatic heterocycles. The number of rotatable bonds is 4. The van der Waals surface area contributed by atoms with Gasteiger partial charge in [0.1, 0.15) is 0 Å². The number of esters is 2. The molecule has 0 atom stereocenters. The molecule has 0 saturated carbocycles. The lowest BCUT2D eigenvalue weighted by atomic mass is 10.2. The standard InChI is InChI=1S/C14H14N2O4/c1-3-19-13(17)10-7-5-9-6-8-11(14(18)20-4-2)16-12(9)15-10/h5-8H,3-4H2,1-2H3. The van der Waals surface area contributed by atoms with Gasteiger partial charge in [0, 0.05) is 5.39 Å². The highest BCUT2D eigenvalue weighted by atomic mass is 16.5. The molecule has 0 aliphatic rings. The first-order valence-corrected chi connectivity index (χ1v) is 6.27. The summed E-state index contributed by atoms with van der Waals surface area (Å²) < 4.78 is 9.74. The molecule has 2 rings (SSSR count). The molecule has 104 valence electrons. The molecule has 2 aromatic rings. The molecule has 0 fully saturated rings. The van der Waals surface area contributed by atoms with E-state index in [2.05, 4.69) is 9.97 Å². The molecule has 0 amide bonds. The van der Waals surface area contributed by atoms with Crippen molar-refractivity contribution >= 4 is 23.0 Å². The SMILES string of the molecule is CCOC(=O)c1ccc2ccc(C(=O)OCC)nc2n1. The van der Waals surface area contributed by atoms with Crippen molar-refractivity contribution in [3.63, 3.8) is 0 Å². The molecule has 0 unspecified atom stereocenters. The highest BCUT2D eigenvalue weighted by molar-refractivity contribution is 5.92. The van der Waals surface area contributed by atoms with Crippen LogP contribution < -0.4 is 0 Å². The van der Waals surface area contributed by atoms with Gasteiger partial charge in [0.15, 0.2) is 17.0 Å². The van der Waals surface area contributed by atoms with Gasteiger partial charge in [0.25, 0.3) is 0 Å². The third kappa shape index (κ3) is 2.90. The summed E-state index contributed by atoms with van der Waals surface area (Å²) >= 11 is 0. The van der Waals surface area contributed by atoms with E-state index in [1.54, 1.807) is 38.1 Å². The first-order valence-electron chi connectivity index (χ1n) is 6.27. The quantitative estimate of drug-likeness (QED) is 0.793. The molecule has 0 aliphatic carbocycles. The maximum atomic E-state index is 11.6. The predicted octanol–water partition coefficient (Wildman–Crippen LogP) is 1.98. The second-order valence-electron chi connectivity index (χ2n) is 3.88. The lowest BCUT2D eigenvalue weighted by Crippen LogP contribution is -2.09. The Morgan fingerprint density at radius 1 is 0.900 bits per heavy atom. The summed E-state index contributed by atoms with van der Waals surface area (Å²) in [6.45, 7) is 3.98. The van der Waals surface area contributed by atoms with Gasteiger partial charge in [-0.25, -0.2) is 19.6 Å². The van der Waals surface area contributed by atoms with E-state index in [1.807, 2.05) is 0 Å². The molecule has 2 heterocycles. The van der Waals surface area contributed by atoms with Gasteiger partial charge >= 0.3 is 11.9 Å². The van der Waals surface area contributed by atoms with Crippen molar-refractivity contribution in [3.05, 3.63) is 35.7 Å². The summed E-state index contributed by atoms with van der Waals surface area (Å²) in [6.07, 6.45) is 0. The zero-order valence-electron chi connectivity index (χ0n) is 11.3. The maximum Gasteiger partial charge on any atom is 0.357 e. The topological polar surface area (TPSA) is 78.4 Å².